The van der Waals surface area contributed by atoms with Gasteiger partial charge < -0.3 is 25.6 Å². The van der Waals surface area contributed by atoms with Gasteiger partial charge in [-0.05, 0) is 48.5 Å². The van der Waals surface area contributed by atoms with Gasteiger partial charge in [-0.25, -0.2) is 8.42 Å². The Balaban J connectivity index is 1.61. The van der Waals surface area contributed by atoms with E-state index in [2.05, 4.69) is 10.0 Å². The molecule has 29 heavy (non-hydrogen) atoms. The first kappa shape index (κ1) is 22.5. The average Bonchev–Trinajstić information content (AvgIpc) is 2.66. The van der Waals surface area contributed by atoms with E-state index in [4.69, 9.17) is 15.2 Å². The van der Waals surface area contributed by atoms with Crippen LogP contribution >= 0.6 is 0 Å². The van der Waals surface area contributed by atoms with Crippen LogP contribution in [0, 0.1) is 0 Å². The van der Waals surface area contributed by atoms with E-state index >= 15 is 0 Å². The minimum absolute atomic E-state index is 0.0846. The molecule has 0 aliphatic heterocycles. The number of nitrogens with one attached hydrogen (secondary N) is 2. The molecular weight excluding hydrogens is 398 g/mol. The van der Waals surface area contributed by atoms with Gasteiger partial charge in [0.25, 0.3) is 0 Å². The Bertz CT molecular complexity index is 885. The highest BCUT2D eigenvalue weighted by molar-refractivity contribution is 7.92. The number of aliphatic hydroxyl groups excluding tert-OH is 1. The number of anilines is 1. The number of benzene rings is 2. The van der Waals surface area contributed by atoms with E-state index in [9.17, 15) is 18.3 Å². The number of primary amides is 1. The van der Waals surface area contributed by atoms with Gasteiger partial charge in [-0.15, -0.1) is 0 Å². The second kappa shape index (κ2) is 10.6. The maximum Gasteiger partial charge on any atom is 0.248 e. The van der Waals surface area contributed by atoms with Gasteiger partial charge >= 0.3 is 0 Å². The molecule has 0 aliphatic rings. The van der Waals surface area contributed by atoms with Crippen molar-refractivity contribution in [1.82, 2.24) is 5.32 Å². The van der Waals surface area contributed by atoms with E-state index in [1.165, 1.54) is 0 Å². The van der Waals surface area contributed by atoms with Crippen LogP contribution in [0.3, 0.4) is 0 Å². The molecule has 0 saturated carbocycles. The van der Waals surface area contributed by atoms with Crippen LogP contribution < -0.4 is 25.2 Å². The van der Waals surface area contributed by atoms with E-state index in [0.717, 1.165) is 6.26 Å². The SMILES string of the molecule is CS(=O)(=O)Nc1ccc(OCC(O)CNCCOc2ccc(C(N)=O)cc2)cc1. The number of carbonyl (C=O) groups excluding carboxylic acids is 1. The molecule has 1 amide bonds. The molecular formula is C19H25N3O6S. The molecule has 2 rings (SSSR count). The van der Waals surface area contributed by atoms with Crippen LogP contribution in [-0.4, -0.2) is 58.1 Å². The van der Waals surface area contributed by atoms with Crippen molar-refractivity contribution in [3.8, 4) is 11.5 Å². The number of nitrogens with two attached hydrogens (primary N) is 1. The number of ether oxygens (including phenoxy) is 2. The molecule has 2 aromatic rings. The number of rotatable bonds is 12. The van der Waals surface area contributed by atoms with Gasteiger partial charge in [0.15, 0.2) is 0 Å². The summed E-state index contributed by atoms with van der Waals surface area (Å²) in [4.78, 5) is 11.0. The lowest BCUT2D eigenvalue weighted by Gasteiger charge is -2.14. The summed E-state index contributed by atoms with van der Waals surface area (Å²) in [5, 5.41) is 13.0. The first-order valence-corrected chi connectivity index (χ1v) is 10.7. The van der Waals surface area contributed by atoms with Crippen molar-refractivity contribution in [3.63, 3.8) is 0 Å². The summed E-state index contributed by atoms with van der Waals surface area (Å²) in [6.07, 6.45) is 0.351. The number of hydrogen-bond acceptors (Lipinski definition) is 7. The van der Waals surface area contributed by atoms with Crippen LogP contribution in [0.15, 0.2) is 48.5 Å². The van der Waals surface area contributed by atoms with Gasteiger partial charge in [0.05, 0.1) is 6.26 Å². The molecule has 158 valence electrons. The monoisotopic (exact) mass is 423 g/mol. The zero-order chi connectivity index (χ0) is 21.3. The predicted octanol–water partition coefficient (Wildman–Crippen LogP) is 0.565. The molecule has 0 spiro atoms. The maximum absolute atomic E-state index is 11.2. The minimum atomic E-state index is -3.32. The number of sulfonamides is 1. The molecule has 1 atom stereocenters. The van der Waals surface area contributed by atoms with Crippen molar-refractivity contribution in [2.24, 2.45) is 5.73 Å². The lowest BCUT2D eigenvalue weighted by Crippen LogP contribution is -2.33. The van der Waals surface area contributed by atoms with E-state index in [1.54, 1.807) is 48.5 Å². The molecule has 2 aromatic carbocycles. The normalized spacial score (nSPS) is 12.2. The van der Waals surface area contributed by atoms with Crippen molar-refractivity contribution in [3.05, 3.63) is 54.1 Å². The first-order chi connectivity index (χ1) is 13.7. The fourth-order valence-corrected chi connectivity index (χ4v) is 2.87. The van der Waals surface area contributed by atoms with Crippen molar-refractivity contribution in [2.45, 2.75) is 6.10 Å². The summed E-state index contributed by atoms with van der Waals surface area (Å²) in [6.45, 7) is 1.30. The molecule has 5 N–H and O–H groups in total. The van der Waals surface area contributed by atoms with E-state index in [0.29, 0.717) is 42.4 Å². The first-order valence-electron chi connectivity index (χ1n) is 8.85. The van der Waals surface area contributed by atoms with Crippen LogP contribution in [0.25, 0.3) is 0 Å². The quantitative estimate of drug-likeness (QED) is 0.366. The van der Waals surface area contributed by atoms with Crippen LogP contribution in [0.5, 0.6) is 11.5 Å². The van der Waals surface area contributed by atoms with Gasteiger partial charge in [-0.3, -0.25) is 9.52 Å². The summed E-state index contributed by atoms with van der Waals surface area (Å²) in [6, 6.07) is 12.9. The van der Waals surface area contributed by atoms with E-state index in [-0.39, 0.29) is 6.61 Å². The number of amides is 1. The van der Waals surface area contributed by atoms with Crippen molar-refractivity contribution in [1.29, 1.82) is 0 Å². The molecule has 0 heterocycles. The van der Waals surface area contributed by atoms with Gasteiger partial charge in [0, 0.05) is 24.3 Å². The zero-order valence-electron chi connectivity index (χ0n) is 16.0. The summed E-state index contributed by atoms with van der Waals surface area (Å²) in [5.74, 6) is 0.649. The van der Waals surface area contributed by atoms with Crippen molar-refractivity contribution in [2.75, 3.05) is 37.3 Å². The molecule has 0 aromatic heterocycles. The van der Waals surface area contributed by atoms with Gasteiger partial charge in [0.1, 0.15) is 30.8 Å². The number of carbonyl (C=O) groups is 1. The lowest BCUT2D eigenvalue weighted by atomic mass is 10.2. The molecule has 0 bridgehead atoms. The van der Waals surface area contributed by atoms with Crippen LogP contribution in [-0.2, 0) is 10.0 Å². The van der Waals surface area contributed by atoms with E-state index < -0.39 is 22.0 Å². The molecule has 9 nitrogen and oxygen atoms in total. The average molecular weight is 423 g/mol. The Morgan fingerprint density at radius 2 is 1.66 bits per heavy atom. The Morgan fingerprint density at radius 1 is 1.07 bits per heavy atom. The summed E-state index contributed by atoms with van der Waals surface area (Å²) < 4.78 is 35.7. The van der Waals surface area contributed by atoms with Crippen molar-refractivity contribution < 1.29 is 27.8 Å². The Kier molecular flexibility index (Phi) is 8.25. The zero-order valence-corrected chi connectivity index (χ0v) is 16.8. The number of aliphatic hydroxyl groups is 1. The van der Waals surface area contributed by atoms with Gasteiger partial charge in [0.2, 0.25) is 15.9 Å². The molecule has 10 heteroatoms. The predicted molar refractivity (Wildman–Crippen MR) is 110 cm³/mol. The fraction of sp³-hybridized carbons (Fsp3) is 0.316. The third kappa shape index (κ3) is 8.81. The van der Waals surface area contributed by atoms with Gasteiger partial charge in [-0.1, -0.05) is 0 Å². The molecule has 1 unspecified atom stereocenters. The smallest absolute Gasteiger partial charge is 0.248 e. The standard InChI is InChI=1S/C19H25N3O6S/c1-29(25,26)22-15-4-8-18(9-5-15)28-13-16(23)12-21-10-11-27-17-6-2-14(3-7-17)19(20)24/h2-9,16,21-23H,10-13H2,1H3,(H2,20,24). The Hall–Kier alpha value is -2.82. The van der Waals surface area contributed by atoms with Gasteiger partial charge in [-0.2, -0.15) is 0 Å². The third-order valence-electron chi connectivity index (χ3n) is 3.67. The van der Waals surface area contributed by atoms with Crippen LogP contribution in [0.2, 0.25) is 0 Å². The Labute approximate surface area is 169 Å². The molecule has 0 fully saturated rings. The second-order valence-electron chi connectivity index (χ2n) is 6.30. The fourth-order valence-electron chi connectivity index (χ4n) is 2.31. The highest BCUT2D eigenvalue weighted by Crippen LogP contribution is 2.16. The highest BCUT2D eigenvalue weighted by atomic mass is 32.2. The largest absolute Gasteiger partial charge is 0.492 e. The molecule has 0 aliphatic carbocycles. The summed E-state index contributed by atoms with van der Waals surface area (Å²) in [5.41, 5.74) is 6.03. The van der Waals surface area contributed by atoms with Crippen molar-refractivity contribution >= 4 is 21.6 Å². The number of hydrogen-bond donors (Lipinski definition) is 4. The maximum atomic E-state index is 11.2. The topological polar surface area (TPSA) is 140 Å². The minimum Gasteiger partial charge on any atom is -0.492 e. The lowest BCUT2D eigenvalue weighted by molar-refractivity contribution is 0.1000. The van der Waals surface area contributed by atoms with E-state index in [1.807, 2.05) is 0 Å². The Morgan fingerprint density at radius 3 is 2.24 bits per heavy atom. The van der Waals surface area contributed by atoms with Crippen LogP contribution in [0.1, 0.15) is 10.4 Å². The second-order valence-corrected chi connectivity index (χ2v) is 8.05. The molecule has 0 radical (unpaired) electrons. The highest BCUT2D eigenvalue weighted by Gasteiger charge is 2.06. The summed E-state index contributed by atoms with van der Waals surface area (Å²) in [7, 11) is -3.32. The summed E-state index contributed by atoms with van der Waals surface area (Å²) >= 11 is 0. The third-order valence-corrected chi connectivity index (χ3v) is 4.27. The van der Waals surface area contributed by atoms with Crippen LogP contribution in [0.4, 0.5) is 5.69 Å². The molecule has 0 saturated heterocycles.